The maximum Gasteiger partial charge on any atom is 0.165 e. The topological polar surface area (TPSA) is 60.0 Å². The van der Waals surface area contributed by atoms with Crippen molar-refractivity contribution >= 4 is 0 Å². The summed E-state index contributed by atoms with van der Waals surface area (Å²) < 4.78 is 17.4. The van der Waals surface area contributed by atoms with E-state index in [0.717, 1.165) is 37.2 Å². The van der Waals surface area contributed by atoms with Crippen molar-refractivity contribution in [3.05, 3.63) is 17.7 Å². The predicted octanol–water partition coefficient (Wildman–Crippen LogP) is 1.40. The van der Waals surface area contributed by atoms with E-state index >= 15 is 0 Å². The molecule has 1 saturated heterocycles. The van der Waals surface area contributed by atoms with Gasteiger partial charge in [0.05, 0.1) is 6.10 Å². The van der Waals surface area contributed by atoms with E-state index in [4.69, 9.17) is 14.2 Å². The van der Waals surface area contributed by atoms with Crippen LogP contribution in [0.4, 0.5) is 0 Å². The van der Waals surface area contributed by atoms with Crippen LogP contribution in [0.1, 0.15) is 30.9 Å². The van der Waals surface area contributed by atoms with Gasteiger partial charge in [0.1, 0.15) is 24.6 Å². The van der Waals surface area contributed by atoms with Crippen LogP contribution >= 0.6 is 0 Å². The molecule has 4 rings (SSSR count). The number of ether oxygens (including phenoxy) is 3. The highest BCUT2D eigenvalue weighted by molar-refractivity contribution is 5.53. The van der Waals surface area contributed by atoms with E-state index in [1.807, 2.05) is 12.1 Å². The van der Waals surface area contributed by atoms with Crippen LogP contribution in [0.2, 0.25) is 0 Å². The summed E-state index contributed by atoms with van der Waals surface area (Å²) in [7, 11) is 0. The lowest BCUT2D eigenvalue weighted by atomic mass is 9.82. The Morgan fingerprint density at radius 2 is 1.75 bits per heavy atom. The lowest BCUT2D eigenvalue weighted by Gasteiger charge is -2.43. The van der Waals surface area contributed by atoms with Crippen molar-refractivity contribution in [3.8, 4) is 17.2 Å². The summed E-state index contributed by atoms with van der Waals surface area (Å²) in [5.41, 5.74) is 0.583. The van der Waals surface area contributed by atoms with Gasteiger partial charge in [-0.1, -0.05) is 0 Å². The molecule has 1 fully saturated rings. The number of hydrogen-bond acceptors (Lipinski definition) is 5. The summed E-state index contributed by atoms with van der Waals surface area (Å²) >= 11 is 0. The number of hydrogen-bond donors (Lipinski definition) is 2. The smallest absolute Gasteiger partial charge is 0.165 e. The third kappa shape index (κ3) is 1.93. The van der Waals surface area contributed by atoms with Crippen LogP contribution in [0.3, 0.4) is 0 Å². The fourth-order valence-electron chi connectivity index (χ4n) is 3.36. The number of aliphatic hydroxyl groups excluding tert-OH is 1. The Labute approximate surface area is 117 Å². The number of aliphatic hydroxyl groups is 1. The van der Waals surface area contributed by atoms with Crippen molar-refractivity contribution in [2.24, 2.45) is 0 Å². The maximum absolute atomic E-state index is 10.5. The molecule has 1 atom stereocenters. The van der Waals surface area contributed by atoms with Crippen molar-refractivity contribution in [2.75, 3.05) is 26.3 Å². The van der Waals surface area contributed by atoms with Gasteiger partial charge in [-0.25, -0.2) is 0 Å². The highest BCUT2D eigenvalue weighted by atomic mass is 16.6. The molecule has 0 amide bonds. The van der Waals surface area contributed by atoms with Crippen molar-refractivity contribution in [1.29, 1.82) is 0 Å². The van der Waals surface area contributed by atoms with Gasteiger partial charge < -0.3 is 24.6 Å². The molecule has 3 heterocycles. The van der Waals surface area contributed by atoms with Gasteiger partial charge >= 0.3 is 0 Å². The van der Waals surface area contributed by atoms with Crippen molar-refractivity contribution < 1.29 is 19.3 Å². The summed E-state index contributed by atoms with van der Waals surface area (Å²) in [6, 6.07) is 3.73. The molecule has 5 nitrogen and oxygen atoms in total. The molecule has 0 aromatic heterocycles. The minimum atomic E-state index is -0.493. The first-order valence-corrected chi connectivity index (χ1v) is 7.27. The molecule has 0 bridgehead atoms. The minimum Gasteiger partial charge on any atom is -0.487 e. The third-order valence-corrected chi connectivity index (χ3v) is 4.44. The summed E-state index contributed by atoms with van der Waals surface area (Å²) in [6.07, 6.45) is 2.02. The molecule has 1 aromatic rings. The second-order valence-corrected chi connectivity index (χ2v) is 5.79. The van der Waals surface area contributed by atoms with E-state index < -0.39 is 6.10 Å². The molecule has 1 spiro atoms. The van der Waals surface area contributed by atoms with E-state index in [1.165, 1.54) is 0 Å². The summed E-state index contributed by atoms with van der Waals surface area (Å²) in [6.45, 7) is 2.99. The van der Waals surface area contributed by atoms with E-state index in [-0.39, 0.29) is 5.60 Å². The monoisotopic (exact) mass is 277 g/mol. The van der Waals surface area contributed by atoms with E-state index in [9.17, 15) is 5.11 Å². The molecule has 1 aromatic carbocycles. The second kappa shape index (κ2) is 4.53. The normalized spacial score (nSPS) is 26.8. The van der Waals surface area contributed by atoms with E-state index in [1.54, 1.807) is 0 Å². The van der Waals surface area contributed by atoms with Crippen molar-refractivity contribution in [3.63, 3.8) is 0 Å². The van der Waals surface area contributed by atoms with Gasteiger partial charge in [0, 0.05) is 18.1 Å². The molecular weight excluding hydrogens is 258 g/mol. The van der Waals surface area contributed by atoms with Gasteiger partial charge in [-0.2, -0.15) is 0 Å². The van der Waals surface area contributed by atoms with Crippen LogP contribution in [0.5, 0.6) is 17.2 Å². The Morgan fingerprint density at radius 1 is 1.05 bits per heavy atom. The Kier molecular flexibility index (Phi) is 2.79. The van der Waals surface area contributed by atoms with Gasteiger partial charge in [0.15, 0.2) is 11.5 Å². The van der Waals surface area contributed by atoms with Gasteiger partial charge in [0.2, 0.25) is 0 Å². The Bertz CT molecular complexity index is 525. The van der Waals surface area contributed by atoms with Crippen LogP contribution in [0.25, 0.3) is 0 Å². The van der Waals surface area contributed by atoms with Crippen LogP contribution < -0.4 is 19.5 Å². The highest BCUT2D eigenvalue weighted by Crippen LogP contribution is 2.47. The first-order chi connectivity index (χ1) is 9.76. The average Bonchev–Trinajstić information content (AvgIpc) is 2.46. The van der Waals surface area contributed by atoms with Crippen molar-refractivity contribution in [1.82, 2.24) is 5.32 Å². The molecular formula is C15H19NO4. The predicted molar refractivity (Wildman–Crippen MR) is 72.5 cm³/mol. The molecule has 20 heavy (non-hydrogen) atoms. The molecule has 3 aliphatic heterocycles. The van der Waals surface area contributed by atoms with E-state index in [2.05, 4.69) is 5.32 Å². The highest BCUT2D eigenvalue weighted by Gasteiger charge is 2.42. The number of fused-ring (bicyclic) bond motifs is 2. The average molecular weight is 277 g/mol. The zero-order valence-corrected chi connectivity index (χ0v) is 11.4. The number of benzene rings is 1. The zero-order chi connectivity index (χ0) is 13.6. The quantitative estimate of drug-likeness (QED) is 0.750. The number of piperidine rings is 1. The first kappa shape index (κ1) is 12.3. The summed E-state index contributed by atoms with van der Waals surface area (Å²) in [4.78, 5) is 0. The molecule has 0 radical (unpaired) electrons. The van der Waals surface area contributed by atoms with Gasteiger partial charge in [-0.3, -0.25) is 0 Å². The molecule has 1 unspecified atom stereocenters. The molecule has 0 aliphatic carbocycles. The lowest BCUT2D eigenvalue weighted by molar-refractivity contribution is -0.0342. The van der Waals surface area contributed by atoms with Crippen molar-refractivity contribution in [2.45, 2.75) is 31.0 Å². The minimum absolute atomic E-state index is 0.235. The summed E-state index contributed by atoms with van der Waals surface area (Å²) in [5, 5.41) is 13.8. The fourth-order valence-corrected chi connectivity index (χ4v) is 3.36. The summed E-state index contributed by atoms with van der Waals surface area (Å²) in [5.74, 6) is 2.17. The Balaban J connectivity index is 1.72. The van der Waals surface area contributed by atoms with Crippen LogP contribution in [-0.4, -0.2) is 37.0 Å². The standard InChI is InChI=1S/C15H19NO4/c17-11-9-15(1-3-16-4-2-15)20-12-8-14-13(7-10(11)12)18-5-6-19-14/h7-8,11,16-17H,1-6,9H2. The lowest BCUT2D eigenvalue weighted by Crippen LogP contribution is -2.49. The molecule has 108 valence electrons. The molecule has 5 heteroatoms. The zero-order valence-electron chi connectivity index (χ0n) is 11.4. The van der Waals surface area contributed by atoms with Crippen LogP contribution in [0.15, 0.2) is 12.1 Å². The molecule has 2 N–H and O–H groups in total. The largest absolute Gasteiger partial charge is 0.487 e. The first-order valence-electron chi connectivity index (χ1n) is 7.27. The molecule has 3 aliphatic rings. The van der Waals surface area contributed by atoms with Crippen LogP contribution in [0, 0.1) is 0 Å². The number of rotatable bonds is 0. The molecule has 0 saturated carbocycles. The second-order valence-electron chi connectivity index (χ2n) is 5.79. The van der Waals surface area contributed by atoms with Crippen LogP contribution in [-0.2, 0) is 0 Å². The Morgan fingerprint density at radius 3 is 2.50 bits per heavy atom. The maximum atomic E-state index is 10.5. The van der Waals surface area contributed by atoms with Gasteiger partial charge in [-0.15, -0.1) is 0 Å². The number of nitrogens with one attached hydrogen (secondary N) is 1. The van der Waals surface area contributed by atoms with E-state index in [0.29, 0.717) is 31.1 Å². The third-order valence-electron chi connectivity index (χ3n) is 4.44. The van der Waals surface area contributed by atoms with Gasteiger partial charge in [-0.05, 0) is 32.0 Å². The van der Waals surface area contributed by atoms with Gasteiger partial charge in [0.25, 0.3) is 0 Å². The fraction of sp³-hybridized carbons (Fsp3) is 0.600. The SMILES string of the molecule is OC1CC2(CCNCC2)Oc2cc3c(cc21)OCCO3. The Hall–Kier alpha value is -1.46.